The Morgan fingerprint density at radius 2 is 0.844 bits per heavy atom. The topological polar surface area (TPSA) is 0 Å². The molecule has 0 N–H and O–H groups in total. The fraction of sp³-hybridized carbons (Fsp3) is 0.467. The zero-order valence-electron chi connectivity index (χ0n) is 21.6. The van der Waals surface area contributed by atoms with Gasteiger partial charge in [-0.15, -0.1) is 0 Å². The highest BCUT2D eigenvalue weighted by molar-refractivity contribution is 6.22. The lowest BCUT2D eigenvalue weighted by Crippen LogP contribution is -2.34. The molecule has 2 atom stereocenters. The molecule has 4 rings (SSSR count). The van der Waals surface area contributed by atoms with Gasteiger partial charge in [-0.3, -0.25) is 0 Å². The number of rotatable bonds is 3. The predicted molar refractivity (Wildman–Crippen MR) is 142 cm³/mol. The van der Waals surface area contributed by atoms with Crippen LogP contribution in [0.25, 0.3) is 11.1 Å². The van der Waals surface area contributed by atoms with Crippen LogP contribution in [-0.4, -0.2) is 20.5 Å². The summed E-state index contributed by atoms with van der Waals surface area (Å²) in [6, 6.07) is 4.74. The van der Waals surface area contributed by atoms with Crippen molar-refractivity contribution in [3.63, 3.8) is 0 Å². The first-order valence-electron chi connectivity index (χ1n) is 11.9. The Morgan fingerprint density at radius 1 is 0.531 bits per heavy atom. The Balaban J connectivity index is 1.83. The van der Waals surface area contributed by atoms with Crippen molar-refractivity contribution in [3.8, 4) is 0 Å². The van der Waals surface area contributed by atoms with Gasteiger partial charge in [0.2, 0.25) is 0 Å². The Bertz CT molecular complexity index is 1140. The standard InChI is InChI=1S/C30H36Si2/c1-15-13-17(3)27-25(19(15)5)21(7)23(9)29(27,31)11-12-30(32)24(10)22(8)26-20(6)16(2)14-18(4)28(26)30/h13-14H,11-12H2,1-10H3. The molecule has 0 heterocycles. The zero-order valence-corrected chi connectivity index (χ0v) is 23.6. The number of hydrogen-bond acceptors (Lipinski definition) is 0. The van der Waals surface area contributed by atoms with E-state index in [2.05, 4.69) is 102 Å². The number of fused-ring (bicyclic) bond motifs is 2. The van der Waals surface area contributed by atoms with Crippen molar-refractivity contribution in [1.82, 2.24) is 0 Å². The van der Waals surface area contributed by atoms with E-state index in [1.54, 1.807) is 0 Å². The smallest absolute Gasteiger partial charge is 0.0440 e. The minimum atomic E-state index is -0.119. The van der Waals surface area contributed by atoms with Crippen LogP contribution in [0.4, 0.5) is 0 Å². The van der Waals surface area contributed by atoms with Crippen molar-refractivity contribution in [2.24, 2.45) is 0 Å². The monoisotopic (exact) mass is 452 g/mol. The van der Waals surface area contributed by atoms with E-state index in [4.69, 9.17) is 0 Å². The molecule has 0 aliphatic heterocycles. The maximum absolute atomic E-state index is 4.38. The molecule has 2 aromatic carbocycles. The van der Waals surface area contributed by atoms with E-state index in [-0.39, 0.29) is 10.1 Å². The van der Waals surface area contributed by atoms with Crippen LogP contribution < -0.4 is 0 Å². The van der Waals surface area contributed by atoms with E-state index in [1.165, 1.54) is 77.9 Å². The van der Waals surface area contributed by atoms with Gasteiger partial charge in [-0.2, -0.15) is 0 Å². The minimum Gasteiger partial charge on any atom is -0.0628 e. The first-order valence-corrected chi connectivity index (χ1v) is 12.9. The lowest BCUT2D eigenvalue weighted by atomic mass is 9.79. The molecule has 0 aromatic heterocycles. The maximum Gasteiger partial charge on any atom is 0.0440 e. The number of hydrogen-bond donors (Lipinski definition) is 0. The van der Waals surface area contributed by atoms with Gasteiger partial charge in [0, 0.05) is 30.6 Å². The van der Waals surface area contributed by atoms with E-state index < -0.39 is 0 Å². The van der Waals surface area contributed by atoms with Crippen molar-refractivity contribution >= 4 is 31.6 Å². The van der Waals surface area contributed by atoms with Crippen molar-refractivity contribution in [2.45, 2.75) is 92.2 Å². The van der Waals surface area contributed by atoms with Crippen LogP contribution in [0.3, 0.4) is 0 Å². The normalized spacial score (nSPS) is 24.5. The third-order valence-electron chi connectivity index (χ3n) is 8.97. The largest absolute Gasteiger partial charge is 0.0628 e. The first kappa shape index (κ1) is 23.5. The average Bonchev–Trinajstić information content (AvgIpc) is 3.05. The van der Waals surface area contributed by atoms with Gasteiger partial charge in [-0.1, -0.05) is 23.3 Å². The Labute approximate surface area is 202 Å². The van der Waals surface area contributed by atoms with Crippen LogP contribution in [0, 0.1) is 41.5 Å². The molecule has 2 heteroatoms. The highest BCUT2D eigenvalue weighted by Gasteiger charge is 2.45. The summed E-state index contributed by atoms with van der Waals surface area (Å²) in [7, 11) is 8.77. The second kappa shape index (κ2) is 7.43. The molecule has 0 amide bonds. The molecule has 0 spiro atoms. The second-order valence-corrected chi connectivity index (χ2v) is 12.3. The van der Waals surface area contributed by atoms with Gasteiger partial charge < -0.3 is 0 Å². The molecule has 164 valence electrons. The Kier molecular flexibility index (Phi) is 5.46. The van der Waals surface area contributed by atoms with Crippen LogP contribution in [0.1, 0.15) is 96.2 Å². The summed E-state index contributed by atoms with van der Waals surface area (Å²) < 4.78 is 0. The van der Waals surface area contributed by atoms with Crippen molar-refractivity contribution < 1.29 is 0 Å². The van der Waals surface area contributed by atoms with Crippen molar-refractivity contribution in [3.05, 3.63) is 78.9 Å². The van der Waals surface area contributed by atoms with E-state index in [0.717, 1.165) is 12.8 Å². The fourth-order valence-corrected chi connectivity index (χ4v) is 7.87. The molecular weight excluding hydrogens is 417 g/mol. The van der Waals surface area contributed by atoms with Gasteiger partial charge in [0.15, 0.2) is 0 Å². The van der Waals surface area contributed by atoms with E-state index in [1.807, 2.05) is 0 Å². The molecule has 2 aliphatic rings. The molecule has 32 heavy (non-hydrogen) atoms. The van der Waals surface area contributed by atoms with Crippen LogP contribution >= 0.6 is 0 Å². The van der Waals surface area contributed by atoms with Gasteiger partial charge in [0.1, 0.15) is 0 Å². The summed E-state index contributed by atoms with van der Waals surface area (Å²) in [6.07, 6.45) is 2.09. The molecular formula is C30H36Si2. The molecule has 0 bridgehead atoms. The number of benzene rings is 2. The van der Waals surface area contributed by atoms with Crippen LogP contribution in [0.15, 0.2) is 23.3 Å². The van der Waals surface area contributed by atoms with Gasteiger partial charge in [0.25, 0.3) is 0 Å². The zero-order chi connectivity index (χ0) is 23.9. The highest BCUT2D eigenvalue weighted by Crippen LogP contribution is 2.54. The molecule has 2 unspecified atom stereocenters. The Hall–Kier alpha value is -1.65. The number of allylic oxidation sites excluding steroid dienone is 4. The third-order valence-corrected chi connectivity index (χ3v) is 10.7. The summed E-state index contributed by atoms with van der Waals surface area (Å²) in [5, 5.41) is -0.238. The number of aryl methyl sites for hydroxylation is 4. The van der Waals surface area contributed by atoms with Crippen LogP contribution in [0.5, 0.6) is 0 Å². The lowest BCUT2D eigenvalue weighted by molar-refractivity contribution is 0.531. The molecule has 0 saturated carbocycles. The quantitative estimate of drug-likeness (QED) is 0.427. The summed E-state index contributed by atoms with van der Waals surface area (Å²) in [6.45, 7) is 22.9. The predicted octanol–water partition coefficient (Wildman–Crippen LogP) is 7.36. The third kappa shape index (κ3) is 2.91. The van der Waals surface area contributed by atoms with Gasteiger partial charge in [-0.05, 0) is 149 Å². The lowest BCUT2D eigenvalue weighted by Gasteiger charge is -2.37. The minimum absolute atomic E-state index is 0.119. The molecule has 0 saturated heterocycles. The second-order valence-electron chi connectivity index (χ2n) is 10.6. The Morgan fingerprint density at radius 3 is 1.16 bits per heavy atom. The molecule has 2 aromatic rings. The van der Waals surface area contributed by atoms with Gasteiger partial charge in [0.05, 0.1) is 0 Å². The van der Waals surface area contributed by atoms with Crippen LogP contribution in [0.2, 0.25) is 0 Å². The van der Waals surface area contributed by atoms with E-state index in [0.29, 0.717) is 0 Å². The summed E-state index contributed by atoms with van der Waals surface area (Å²) in [5.41, 5.74) is 20.1. The first-order chi connectivity index (χ1) is 14.8. The SMILES string of the molecule is CC1=C(C)C([Si])(CCC2([Si])C(C)=C(C)c3c(C)c(C)cc(C)c32)c2c(C)cc(C)c(C)c21. The van der Waals surface area contributed by atoms with Gasteiger partial charge >= 0.3 is 0 Å². The van der Waals surface area contributed by atoms with Crippen molar-refractivity contribution in [1.29, 1.82) is 0 Å². The molecule has 2 aliphatic carbocycles. The highest BCUT2D eigenvalue weighted by atomic mass is 28.1. The van der Waals surface area contributed by atoms with Crippen molar-refractivity contribution in [2.75, 3.05) is 0 Å². The summed E-state index contributed by atoms with van der Waals surface area (Å²) in [5.74, 6) is 0. The van der Waals surface area contributed by atoms with Crippen LogP contribution in [-0.2, 0) is 10.1 Å². The average molecular weight is 453 g/mol. The fourth-order valence-electron chi connectivity index (χ4n) is 6.60. The van der Waals surface area contributed by atoms with E-state index >= 15 is 0 Å². The summed E-state index contributed by atoms with van der Waals surface area (Å²) in [4.78, 5) is 0. The maximum atomic E-state index is 4.38. The molecule has 6 radical (unpaired) electrons. The molecule has 0 fully saturated rings. The molecule has 0 nitrogen and oxygen atoms in total. The van der Waals surface area contributed by atoms with E-state index in [9.17, 15) is 0 Å². The van der Waals surface area contributed by atoms with Gasteiger partial charge in [-0.25, -0.2) is 0 Å². The summed E-state index contributed by atoms with van der Waals surface area (Å²) >= 11 is 0.